The number of fused-ring (bicyclic) bond motifs is 2. The molecule has 0 bridgehead atoms. The molecule has 1 atom stereocenters. The summed E-state index contributed by atoms with van der Waals surface area (Å²) in [4.78, 5) is 20.0. The first-order valence-corrected chi connectivity index (χ1v) is 10.0. The lowest BCUT2D eigenvalue weighted by Gasteiger charge is -2.29. The fourth-order valence-corrected chi connectivity index (χ4v) is 4.44. The minimum atomic E-state index is 0.0995. The van der Waals surface area contributed by atoms with Crippen LogP contribution in [0.1, 0.15) is 40.7 Å². The number of benzene rings is 2. The molecule has 3 aliphatic rings. The van der Waals surface area contributed by atoms with Crippen LogP contribution in [0.3, 0.4) is 0 Å². The minimum absolute atomic E-state index is 0.0995. The van der Waals surface area contributed by atoms with Gasteiger partial charge in [-0.15, -0.1) is 0 Å². The van der Waals surface area contributed by atoms with E-state index in [2.05, 4.69) is 42.2 Å². The van der Waals surface area contributed by atoms with Crippen LogP contribution in [0.5, 0.6) is 0 Å². The van der Waals surface area contributed by atoms with Gasteiger partial charge in [0, 0.05) is 36.6 Å². The summed E-state index contributed by atoms with van der Waals surface area (Å²) < 4.78 is 5.49. The SMILES string of the molecule is CC(C1=Cc2cc3c(cc2CC1=O)CN=C3N1CCOCC1)c1ccccc1. The molecule has 142 valence electrons. The van der Waals surface area contributed by atoms with Gasteiger partial charge < -0.3 is 9.64 Å². The van der Waals surface area contributed by atoms with Gasteiger partial charge in [0.25, 0.3) is 0 Å². The third-order valence-corrected chi connectivity index (χ3v) is 6.07. The largest absolute Gasteiger partial charge is 0.378 e. The maximum atomic E-state index is 12.9. The average Bonchev–Trinajstić information content (AvgIpc) is 3.15. The fourth-order valence-electron chi connectivity index (χ4n) is 4.44. The van der Waals surface area contributed by atoms with Crippen molar-refractivity contribution in [3.63, 3.8) is 0 Å². The van der Waals surface area contributed by atoms with E-state index >= 15 is 0 Å². The van der Waals surface area contributed by atoms with Crippen LogP contribution in [0.15, 0.2) is 53.0 Å². The summed E-state index contributed by atoms with van der Waals surface area (Å²) in [6, 6.07) is 14.7. The molecule has 0 saturated carbocycles. The van der Waals surface area contributed by atoms with Crippen LogP contribution in [-0.2, 0) is 22.5 Å². The molecule has 4 heteroatoms. The molecule has 1 unspecified atom stereocenters. The number of Topliss-reactive ketones (excluding diaryl/α,β-unsaturated/α-hetero) is 1. The van der Waals surface area contributed by atoms with Crippen molar-refractivity contribution >= 4 is 17.7 Å². The van der Waals surface area contributed by atoms with Crippen molar-refractivity contribution in [2.45, 2.75) is 25.8 Å². The minimum Gasteiger partial charge on any atom is -0.378 e. The van der Waals surface area contributed by atoms with E-state index in [9.17, 15) is 4.79 Å². The molecule has 2 aromatic rings. The predicted octanol–water partition coefficient (Wildman–Crippen LogP) is 3.59. The summed E-state index contributed by atoms with van der Waals surface area (Å²) in [6.07, 6.45) is 2.59. The number of morpholine rings is 1. The van der Waals surface area contributed by atoms with Gasteiger partial charge in [0.05, 0.1) is 19.8 Å². The third-order valence-electron chi connectivity index (χ3n) is 6.07. The van der Waals surface area contributed by atoms with E-state index in [1.807, 2.05) is 18.2 Å². The normalized spacial score (nSPS) is 19.6. The van der Waals surface area contributed by atoms with E-state index in [4.69, 9.17) is 9.73 Å². The number of ether oxygens (including phenoxy) is 1. The molecule has 0 spiro atoms. The van der Waals surface area contributed by atoms with Gasteiger partial charge in [0.1, 0.15) is 5.84 Å². The monoisotopic (exact) mass is 372 g/mol. The van der Waals surface area contributed by atoms with Crippen molar-refractivity contribution in [1.29, 1.82) is 0 Å². The van der Waals surface area contributed by atoms with Gasteiger partial charge in [-0.05, 0) is 34.4 Å². The Morgan fingerprint density at radius 1 is 1.07 bits per heavy atom. The Morgan fingerprint density at radius 2 is 1.86 bits per heavy atom. The van der Waals surface area contributed by atoms with Gasteiger partial charge in [-0.25, -0.2) is 0 Å². The number of amidine groups is 1. The maximum absolute atomic E-state index is 12.9. The third kappa shape index (κ3) is 2.98. The number of hydrogen-bond donors (Lipinski definition) is 0. The Balaban J connectivity index is 1.51. The number of carbonyl (C=O) groups is 1. The van der Waals surface area contributed by atoms with E-state index in [0.29, 0.717) is 13.0 Å². The molecule has 2 heterocycles. The number of nitrogens with zero attached hydrogens (tertiary/aromatic N) is 2. The first-order valence-electron chi connectivity index (χ1n) is 10.0. The number of hydrogen-bond acceptors (Lipinski definition) is 4. The van der Waals surface area contributed by atoms with Crippen LogP contribution >= 0.6 is 0 Å². The molecular formula is C24H24N2O2. The second-order valence-electron chi connectivity index (χ2n) is 7.78. The molecule has 28 heavy (non-hydrogen) atoms. The summed E-state index contributed by atoms with van der Waals surface area (Å²) in [5.74, 6) is 1.42. The van der Waals surface area contributed by atoms with Gasteiger partial charge >= 0.3 is 0 Å². The molecule has 0 amide bonds. The Morgan fingerprint density at radius 3 is 2.64 bits per heavy atom. The quantitative estimate of drug-likeness (QED) is 0.809. The van der Waals surface area contributed by atoms with E-state index in [-0.39, 0.29) is 11.7 Å². The molecular weight excluding hydrogens is 348 g/mol. The van der Waals surface area contributed by atoms with Gasteiger partial charge in [0.2, 0.25) is 0 Å². The van der Waals surface area contributed by atoms with Gasteiger partial charge in [-0.2, -0.15) is 0 Å². The number of allylic oxidation sites excluding steroid dienone is 1. The van der Waals surface area contributed by atoms with Gasteiger partial charge in [-0.3, -0.25) is 9.79 Å². The van der Waals surface area contributed by atoms with Crippen LogP contribution < -0.4 is 0 Å². The molecule has 4 nitrogen and oxygen atoms in total. The highest BCUT2D eigenvalue weighted by atomic mass is 16.5. The molecule has 1 aliphatic carbocycles. The van der Waals surface area contributed by atoms with Crippen molar-refractivity contribution < 1.29 is 9.53 Å². The highest BCUT2D eigenvalue weighted by molar-refractivity contribution is 6.07. The van der Waals surface area contributed by atoms with E-state index in [1.165, 1.54) is 22.3 Å². The molecule has 5 rings (SSSR count). The average molecular weight is 372 g/mol. The van der Waals surface area contributed by atoms with Crippen molar-refractivity contribution in [3.05, 3.63) is 75.9 Å². The van der Waals surface area contributed by atoms with Crippen molar-refractivity contribution in [2.75, 3.05) is 26.3 Å². The Labute approximate surface area is 165 Å². The Kier molecular flexibility index (Phi) is 4.36. The maximum Gasteiger partial charge on any atom is 0.163 e. The molecule has 2 aromatic carbocycles. The Hall–Kier alpha value is -2.72. The highest BCUT2D eigenvalue weighted by Gasteiger charge is 2.28. The zero-order chi connectivity index (χ0) is 19.1. The van der Waals surface area contributed by atoms with Crippen molar-refractivity contribution in [1.82, 2.24) is 4.90 Å². The number of ketones is 1. The summed E-state index contributed by atoms with van der Waals surface area (Å²) in [5.41, 5.74) is 6.84. The second-order valence-corrected chi connectivity index (χ2v) is 7.78. The number of rotatable bonds is 2. The van der Waals surface area contributed by atoms with Crippen LogP contribution in [0.4, 0.5) is 0 Å². The molecule has 2 aliphatic heterocycles. The molecule has 0 N–H and O–H groups in total. The predicted molar refractivity (Wildman–Crippen MR) is 111 cm³/mol. The van der Waals surface area contributed by atoms with E-state index < -0.39 is 0 Å². The zero-order valence-corrected chi connectivity index (χ0v) is 16.1. The smallest absolute Gasteiger partial charge is 0.163 e. The van der Waals surface area contributed by atoms with Crippen molar-refractivity contribution in [2.24, 2.45) is 4.99 Å². The second kappa shape index (κ2) is 7.02. The van der Waals surface area contributed by atoms with Crippen LogP contribution in [0.25, 0.3) is 6.08 Å². The molecule has 0 radical (unpaired) electrons. The standard InChI is InChI=1S/C24H24N2O2/c1-16(17-5-3-2-4-6-17)21-12-19-13-22-20(11-18(19)14-23(21)27)15-25-24(22)26-7-9-28-10-8-26/h2-6,11-13,16H,7-10,14-15H2,1H3. The number of carbonyl (C=O) groups excluding carboxylic acids is 1. The van der Waals surface area contributed by atoms with Crippen LogP contribution in [0, 0.1) is 0 Å². The Bertz CT molecular complexity index is 985. The highest BCUT2D eigenvalue weighted by Crippen LogP contribution is 2.34. The van der Waals surface area contributed by atoms with E-state index in [1.54, 1.807) is 0 Å². The lowest BCUT2D eigenvalue weighted by molar-refractivity contribution is -0.115. The van der Waals surface area contributed by atoms with Gasteiger partial charge in [0.15, 0.2) is 5.78 Å². The first-order chi connectivity index (χ1) is 13.7. The zero-order valence-electron chi connectivity index (χ0n) is 16.1. The summed E-state index contributed by atoms with van der Waals surface area (Å²) in [6.45, 7) is 6.12. The lowest BCUT2D eigenvalue weighted by Crippen LogP contribution is -2.40. The summed E-state index contributed by atoms with van der Waals surface area (Å²) >= 11 is 0. The van der Waals surface area contributed by atoms with Crippen LogP contribution in [-0.4, -0.2) is 42.8 Å². The van der Waals surface area contributed by atoms with Crippen molar-refractivity contribution in [3.8, 4) is 0 Å². The molecule has 0 aromatic heterocycles. The van der Waals surface area contributed by atoms with Gasteiger partial charge in [-0.1, -0.05) is 43.3 Å². The fraction of sp³-hybridized carbons (Fsp3) is 0.333. The topological polar surface area (TPSA) is 41.9 Å². The van der Waals surface area contributed by atoms with Crippen LogP contribution in [0.2, 0.25) is 0 Å². The first kappa shape index (κ1) is 17.4. The number of aliphatic imine (C=N–C) groups is 1. The molecule has 1 saturated heterocycles. The summed E-state index contributed by atoms with van der Waals surface area (Å²) in [5, 5.41) is 0. The summed E-state index contributed by atoms with van der Waals surface area (Å²) in [7, 11) is 0. The van der Waals surface area contributed by atoms with E-state index in [0.717, 1.165) is 43.3 Å². The molecule has 1 fully saturated rings. The lowest BCUT2D eigenvalue weighted by atomic mass is 9.81.